The van der Waals surface area contributed by atoms with Crippen LogP contribution in [0.2, 0.25) is 5.02 Å². The topological polar surface area (TPSA) is 75.7 Å². The van der Waals surface area contributed by atoms with Gasteiger partial charge in [0, 0.05) is 18.8 Å². The molecule has 3 rings (SSSR count). The van der Waals surface area contributed by atoms with Crippen LogP contribution < -0.4 is 10.1 Å². The lowest BCUT2D eigenvalue weighted by atomic mass is 10.2. The largest absolute Gasteiger partial charge is 0.482 e. The Hall–Kier alpha value is -2.09. The highest BCUT2D eigenvalue weighted by molar-refractivity contribution is 7.89. The third-order valence-electron chi connectivity index (χ3n) is 4.55. The number of hydrogen-bond acceptors (Lipinski definition) is 4. The molecule has 1 heterocycles. The average molecular weight is 423 g/mol. The van der Waals surface area contributed by atoms with Crippen LogP contribution in [0.15, 0.2) is 47.4 Å². The SMILES string of the molecule is Cc1ccc(NC(=O)COc2ccc(S(=O)(=O)N3CCCCC3)cc2Cl)cc1. The lowest BCUT2D eigenvalue weighted by molar-refractivity contribution is -0.118. The number of piperidine rings is 1. The zero-order valence-electron chi connectivity index (χ0n) is 15.7. The highest BCUT2D eigenvalue weighted by Gasteiger charge is 2.26. The molecule has 1 saturated heterocycles. The van der Waals surface area contributed by atoms with Crippen molar-refractivity contribution in [2.24, 2.45) is 0 Å². The summed E-state index contributed by atoms with van der Waals surface area (Å²) in [6.07, 6.45) is 2.78. The molecular formula is C20H23ClN2O4S. The molecule has 1 N–H and O–H groups in total. The molecule has 0 aromatic heterocycles. The van der Waals surface area contributed by atoms with Gasteiger partial charge in [-0.25, -0.2) is 8.42 Å². The number of rotatable bonds is 6. The molecule has 1 aliphatic rings. The second kappa shape index (κ2) is 8.94. The third-order valence-corrected chi connectivity index (χ3v) is 6.74. The molecule has 0 aliphatic carbocycles. The van der Waals surface area contributed by atoms with Crippen LogP contribution >= 0.6 is 11.6 Å². The second-order valence-corrected chi connectivity index (χ2v) is 9.10. The Bertz CT molecular complexity index is 939. The summed E-state index contributed by atoms with van der Waals surface area (Å²) in [4.78, 5) is 12.2. The highest BCUT2D eigenvalue weighted by Crippen LogP contribution is 2.29. The van der Waals surface area contributed by atoms with E-state index < -0.39 is 10.0 Å². The fourth-order valence-corrected chi connectivity index (χ4v) is 4.83. The Balaban J connectivity index is 1.62. The maximum absolute atomic E-state index is 12.7. The van der Waals surface area contributed by atoms with Gasteiger partial charge >= 0.3 is 0 Å². The maximum atomic E-state index is 12.7. The van der Waals surface area contributed by atoms with E-state index in [9.17, 15) is 13.2 Å². The van der Waals surface area contributed by atoms with E-state index in [2.05, 4.69) is 5.32 Å². The third kappa shape index (κ3) is 5.04. The molecule has 0 bridgehead atoms. The first-order valence-electron chi connectivity index (χ1n) is 9.15. The minimum absolute atomic E-state index is 0.135. The van der Waals surface area contributed by atoms with Gasteiger partial charge in [0.15, 0.2) is 6.61 Å². The summed E-state index contributed by atoms with van der Waals surface area (Å²) < 4.78 is 32.4. The smallest absolute Gasteiger partial charge is 0.262 e. The maximum Gasteiger partial charge on any atom is 0.262 e. The molecule has 1 aliphatic heterocycles. The summed E-state index contributed by atoms with van der Waals surface area (Å²) in [6.45, 7) is 2.78. The molecule has 1 fully saturated rings. The quantitative estimate of drug-likeness (QED) is 0.767. The number of hydrogen-bond donors (Lipinski definition) is 1. The number of nitrogens with one attached hydrogen (secondary N) is 1. The van der Waals surface area contributed by atoms with E-state index in [1.807, 2.05) is 19.1 Å². The number of halogens is 1. The summed E-state index contributed by atoms with van der Waals surface area (Å²) >= 11 is 6.20. The Morgan fingerprint density at radius 1 is 1.11 bits per heavy atom. The number of benzene rings is 2. The zero-order valence-corrected chi connectivity index (χ0v) is 17.2. The number of carbonyl (C=O) groups excluding carboxylic acids is 1. The van der Waals surface area contributed by atoms with Gasteiger partial charge < -0.3 is 10.1 Å². The van der Waals surface area contributed by atoms with E-state index in [1.54, 1.807) is 12.1 Å². The van der Waals surface area contributed by atoms with Crippen LogP contribution in [0.25, 0.3) is 0 Å². The molecule has 28 heavy (non-hydrogen) atoms. The summed E-state index contributed by atoms with van der Waals surface area (Å²) in [5, 5.41) is 2.88. The van der Waals surface area contributed by atoms with Crippen molar-refractivity contribution < 1.29 is 17.9 Å². The molecule has 0 radical (unpaired) electrons. The lowest BCUT2D eigenvalue weighted by Gasteiger charge is -2.26. The minimum atomic E-state index is -3.56. The number of amides is 1. The minimum Gasteiger partial charge on any atom is -0.482 e. The Morgan fingerprint density at radius 3 is 2.43 bits per heavy atom. The van der Waals surface area contributed by atoms with E-state index in [0.29, 0.717) is 18.8 Å². The number of anilines is 1. The molecule has 0 unspecified atom stereocenters. The number of nitrogens with zero attached hydrogens (tertiary/aromatic N) is 1. The first-order chi connectivity index (χ1) is 13.4. The molecule has 8 heteroatoms. The van der Waals surface area contributed by atoms with Gasteiger partial charge in [0.05, 0.1) is 9.92 Å². The highest BCUT2D eigenvalue weighted by atomic mass is 35.5. The predicted octanol–water partition coefficient (Wildman–Crippen LogP) is 3.84. The lowest BCUT2D eigenvalue weighted by Crippen LogP contribution is -2.35. The molecule has 1 amide bonds. The van der Waals surface area contributed by atoms with Gasteiger partial charge in [-0.2, -0.15) is 4.31 Å². The van der Waals surface area contributed by atoms with Crippen LogP contribution in [0.1, 0.15) is 24.8 Å². The van der Waals surface area contributed by atoms with Crippen molar-refractivity contribution in [2.75, 3.05) is 25.0 Å². The van der Waals surface area contributed by atoms with Crippen molar-refractivity contribution >= 4 is 33.2 Å². The number of carbonyl (C=O) groups is 1. The van der Waals surface area contributed by atoms with Crippen LogP contribution in [0.4, 0.5) is 5.69 Å². The molecule has 2 aromatic rings. The predicted molar refractivity (Wildman–Crippen MR) is 109 cm³/mol. The van der Waals surface area contributed by atoms with Crippen molar-refractivity contribution in [1.29, 1.82) is 0 Å². The van der Waals surface area contributed by atoms with Gasteiger partial charge in [-0.05, 0) is 50.1 Å². The van der Waals surface area contributed by atoms with E-state index in [4.69, 9.17) is 16.3 Å². The molecule has 2 aromatic carbocycles. The second-order valence-electron chi connectivity index (χ2n) is 6.76. The Morgan fingerprint density at radius 2 is 1.79 bits per heavy atom. The fourth-order valence-electron chi connectivity index (χ4n) is 2.99. The van der Waals surface area contributed by atoms with Crippen LogP contribution in [0.3, 0.4) is 0 Å². The van der Waals surface area contributed by atoms with Crippen molar-refractivity contribution in [2.45, 2.75) is 31.1 Å². The van der Waals surface area contributed by atoms with Gasteiger partial charge in [-0.3, -0.25) is 4.79 Å². The molecule has 0 atom stereocenters. The monoisotopic (exact) mass is 422 g/mol. The van der Waals surface area contributed by atoms with Crippen LogP contribution in [0.5, 0.6) is 5.75 Å². The van der Waals surface area contributed by atoms with Crippen LogP contribution in [-0.2, 0) is 14.8 Å². The Labute approximate surface area is 170 Å². The standard InChI is InChI=1S/C20H23ClN2O4S/c1-15-5-7-16(8-6-15)22-20(24)14-27-19-10-9-17(13-18(19)21)28(25,26)23-11-3-2-4-12-23/h5-10,13H,2-4,11-12,14H2,1H3,(H,22,24). The fraction of sp³-hybridized carbons (Fsp3) is 0.350. The van der Waals surface area contributed by atoms with Gasteiger partial charge in [0.2, 0.25) is 10.0 Å². The normalized spacial score (nSPS) is 15.2. The molecule has 0 saturated carbocycles. The van der Waals surface area contributed by atoms with Crippen LogP contribution in [-0.4, -0.2) is 38.3 Å². The van der Waals surface area contributed by atoms with Crippen molar-refractivity contribution in [1.82, 2.24) is 4.31 Å². The van der Waals surface area contributed by atoms with Gasteiger partial charge in [-0.15, -0.1) is 0 Å². The molecule has 6 nitrogen and oxygen atoms in total. The van der Waals surface area contributed by atoms with Gasteiger partial charge in [0.1, 0.15) is 5.75 Å². The summed E-state index contributed by atoms with van der Waals surface area (Å²) in [5.41, 5.74) is 1.77. The molecule has 0 spiro atoms. The van der Waals surface area contributed by atoms with E-state index in [1.165, 1.54) is 22.5 Å². The van der Waals surface area contributed by atoms with Crippen molar-refractivity contribution in [3.8, 4) is 5.75 Å². The van der Waals surface area contributed by atoms with Crippen LogP contribution in [0, 0.1) is 6.92 Å². The first kappa shape index (κ1) is 20.6. The van der Waals surface area contributed by atoms with E-state index in [-0.39, 0.29) is 28.2 Å². The average Bonchev–Trinajstić information content (AvgIpc) is 2.69. The molecular weight excluding hydrogens is 400 g/mol. The van der Waals surface area contributed by atoms with Crippen molar-refractivity contribution in [3.63, 3.8) is 0 Å². The summed E-state index contributed by atoms with van der Waals surface area (Å²) in [5.74, 6) is -0.0664. The zero-order chi connectivity index (χ0) is 20.1. The van der Waals surface area contributed by atoms with Gasteiger partial charge in [-0.1, -0.05) is 35.7 Å². The van der Waals surface area contributed by atoms with Crippen molar-refractivity contribution in [3.05, 3.63) is 53.1 Å². The number of sulfonamides is 1. The van der Waals surface area contributed by atoms with E-state index in [0.717, 1.165) is 24.8 Å². The van der Waals surface area contributed by atoms with Gasteiger partial charge in [0.25, 0.3) is 5.91 Å². The number of ether oxygens (including phenoxy) is 1. The molecule has 150 valence electrons. The Kier molecular flexibility index (Phi) is 6.59. The number of aryl methyl sites for hydroxylation is 1. The summed E-state index contributed by atoms with van der Waals surface area (Å²) in [7, 11) is -3.56. The first-order valence-corrected chi connectivity index (χ1v) is 11.0. The van der Waals surface area contributed by atoms with E-state index >= 15 is 0 Å². The summed E-state index contributed by atoms with van der Waals surface area (Å²) in [6, 6.07) is 11.7.